The number of Topliss-reactive ketones (excluding diaryl/α,β-unsaturated/α-hetero) is 1. The van der Waals surface area contributed by atoms with E-state index in [2.05, 4.69) is 47.6 Å². The van der Waals surface area contributed by atoms with Crippen LogP contribution in [0.3, 0.4) is 0 Å². The van der Waals surface area contributed by atoms with Gasteiger partial charge in [-0.3, -0.25) is 9.59 Å². The van der Waals surface area contributed by atoms with Crippen molar-refractivity contribution in [1.29, 1.82) is 0 Å². The van der Waals surface area contributed by atoms with Gasteiger partial charge in [0.2, 0.25) is 0 Å². The maximum Gasteiger partial charge on any atom is 0.311 e. The molecule has 0 radical (unpaired) electrons. The molecule has 0 aliphatic heterocycles. The Labute approximate surface area is 212 Å². The number of ether oxygens (including phenoxy) is 1. The molecule has 4 saturated carbocycles. The Bertz CT molecular complexity index is 980. The molecule has 4 heteroatoms. The number of carbonyl (C=O) groups excluding carboxylic acids is 2. The van der Waals surface area contributed by atoms with Crippen LogP contribution in [0.4, 0.5) is 0 Å². The minimum absolute atomic E-state index is 0.0494. The van der Waals surface area contributed by atoms with Crippen LogP contribution in [0.1, 0.15) is 106 Å². The minimum Gasteiger partial charge on any atom is -0.469 e. The SMILES string of the molecule is COC(=O)[C@]1(C)CC(O)[C@]2(C)CCC3(C)C(=CCC4[C@@]5(C)CCC(=O)C(C)(C)C5CC[C@]43C)C2C1. The largest absolute Gasteiger partial charge is 0.469 e. The molecular formula is C31H48O4. The lowest BCUT2D eigenvalue weighted by Gasteiger charge is -2.71. The molecule has 5 unspecified atom stereocenters. The summed E-state index contributed by atoms with van der Waals surface area (Å²) >= 11 is 0. The van der Waals surface area contributed by atoms with Gasteiger partial charge in [-0.2, -0.15) is 0 Å². The molecule has 0 spiro atoms. The first-order valence-corrected chi connectivity index (χ1v) is 14.1. The second kappa shape index (κ2) is 7.45. The van der Waals surface area contributed by atoms with Crippen molar-refractivity contribution < 1.29 is 19.4 Å². The first-order valence-electron chi connectivity index (χ1n) is 14.1. The highest BCUT2D eigenvalue weighted by atomic mass is 16.5. The minimum atomic E-state index is -0.646. The molecule has 9 atom stereocenters. The van der Waals surface area contributed by atoms with Crippen molar-refractivity contribution in [3.05, 3.63) is 11.6 Å². The van der Waals surface area contributed by atoms with E-state index in [0.717, 1.165) is 44.9 Å². The summed E-state index contributed by atoms with van der Waals surface area (Å²) in [6, 6.07) is 0. The first kappa shape index (κ1) is 25.5. The second-order valence-electron chi connectivity index (χ2n) is 15.0. The van der Waals surface area contributed by atoms with Crippen molar-refractivity contribution in [2.75, 3.05) is 7.11 Å². The highest BCUT2D eigenvalue weighted by Gasteiger charge is 2.69. The lowest BCUT2D eigenvalue weighted by Crippen LogP contribution is -2.65. The van der Waals surface area contributed by atoms with Gasteiger partial charge in [0.15, 0.2) is 0 Å². The Morgan fingerprint density at radius 3 is 2.29 bits per heavy atom. The third kappa shape index (κ3) is 3.01. The van der Waals surface area contributed by atoms with Gasteiger partial charge >= 0.3 is 5.97 Å². The summed E-state index contributed by atoms with van der Waals surface area (Å²) in [5, 5.41) is 11.4. The number of rotatable bonds is 1. The lowest BCUT2D eigenvalue weighted by atomic mass is 9.33. The number of fused-ring (bicyclic) bond motifs is 7. The quantitative estimate of drug-likeness (QED) is 0.341. The van der Waals surface area contributed by atoms with E-state index in [1.54, 1.807) is 0 Å². The van der Waals surface area contributed by atoms with Crippen molar-refractivity contribution in [2.24, 2.45) is 50.2 Å². The van der Waals surface area contributed by atoms with Crippen molar-refractivity contribution in [3.8, 4) is 0 Å². The zero-order chi connectivity index (χ0) is 25.8. The van der Waals surface area contributed by atoms with Crippen LogP contribution in [-0.2, 0) is 14.3 Å². The maximum atomic E-state index is 12.9. The molecule has 0 aromatic carbocycles. The third-order valence-electron chi connectivity index (χ3n) is 13.3. The molecule has 5 aliphatic carbocycles. The maximum absolute atomic E-state index is 12.9. The monoisotopic (exact) mass is 484 g/mol. The highest BCUT2D eigenvalue weighted by molar-refractivity contribution is 5.85. The molecule has 0 amide bonds. The molecular weight excluding hydrogens is 436 g/mol. The van der Waals surface area contributed by atoms with Crippen LogP contribution < -0.4 is 0 Å². The Balaban J connectivity index is 1.58. The Kier molecular flexibility index (Phi) is 5.43. The number of aliphatic hydroxyl groups is 1. The van der Waals surface area contributed by atoms with Gasteiger partial charge in [0, 0.05) is 17.3 Å². The van der Waals surface area contributed by atoms with Crippen LogP contribution >= 0.6 is 0 Å². The van der Waals surface area contributed by atoms with Gasteiger partial charge in [0.05, 0.1) is 18.6 Å². The topological polar surface area (TPSA) is 63.6 Å². The third-order valence-corrected chi connectivity index (χ3v) is 13.3. The summed E-state index contributed by atoms with van der Waals surface area (Å²) in [4.78, 5) is 25.8. The number of allylic oxidation sites excluding steroid dienone is 2. The highest BCUT2D eigenvalue weighted by Crippen LogP contribution is 2.75. The molecule has 0 saturated heterocycles. The van der Waals surface area contributed by atoms with E-state index in [1.807, 2.05) is 6.92 Å². The summed E-state index contributed by atoms with van der Waals surface area (Å²) in [5.41, 5.74) is 0.808. The fraction of sp³-hybridized carbons (Fsp3) is 0.871. The van der Waals surface area contributed by atoms with Crippen molar-refractivity contribution in [2.45, 2.75) is 112 Å². The predicted octanol–water partition coefficient (Wildman–Crippen LogP) is 6.50. The lowest BCUT2D eigenvalue weighted by molar-refractivity contribution is -0.194. The summed E-state index contributed by atoms with van der Waals surface area (Å²) in [7, 11) is 1.47. The number of ketones is 1. The zero-order valence-corrected chi connectivity index (χ0v) is 23.4. The van der Waals surface area contributed by atoms with Crippen LogP contribution in [0, 0.1) is 50.2 Å². The van der Waals surface area contributed by atoms with Gasteiger partial charge in [0.1, 0.15) is 5.78 Å². The van der Waals surface area contributed by atoms with Crippen LogP contribution in [0.25, 0.3) is 0 Å². The molecule has 1 N–H and O–H groups in total. The van der Waals surface area contributed by atoms with E-state index in [-0.39, 0.29) is 39.0 Å². The summed E-state index contributed by atoms with van der Waals surface area (Å²) in [6.45, 7) is 16.2. The van der Waals surface area contributed by atoms with Gasteiger partial charge in [-0.15, -0.1) is 0 Å². The average molecular weight is 485 g/mol. The Morgan fingerprint density at radius 2 is 1.63 bits per heavy atom. The Morgan fingerprint density at radius 1 is 0.943 bits per heavy atom. The van der Waals surface area contributed by atoms with Crippen molar-refractivity contribution in [3.63, 3.8) is 0 Å². The number of esters is 1. The fourth-order valence-corrected chi connectivity index (χ4v) is 10.7. The number of hydrogen-bond acceptors (Lipinski definition) is 4. The molecule has 0 aromatic rings. The molecule has 5 rings (SSSR count). The molecule has 35 heavy (non-hydrogen) atoms. The molecule has 5 aliphatic rings. The van der Waals surface area contributed by atoms with E-state index < -0.39 is 11.5 Å². The first-order chi connectivity index (χ1) is 16.1. The van der Waals surface area contributed by atoms with Crippen LogP contribution in [0.15, 0.2) is 11.6 Å². The zero-order valence-electron chi connectivity index (χ0n) is 23.4. The number of methoxy groups -OCH3 is 1. The normalized spacial score (nSPS) is 52.8. The van der Waals surface area contributed by atoms with Crippen molar-refractivity contribution in [1.82, 2.24) is 0 Å². The molecule has 0 heterocycles. The van der Waals surface area contributed by atoms with E-state index >= 15 is 0 Å². The van der Waals surface area contributed by atoms with Gasteiger partial charge in [-0.25, -0.2) is 0 Å². The second-order valence-corrected chi connectivity index (χ2v) is 15.0. The van der Waals surface area contributed by atoms with E-state index in [0.29, 0.717) is 30.5 Å². The van der Waals surface area contributed by atoms with Crippen LogP contribution in [0.2, 0.25) is 0 Å². The molecule has 4 fully saturated rings. The van der Waals surface area contributed by atoms with Crippen molar-refractivity contribution >= 4 is 11.8 Å². The standard InChI is InChI=1S/C31H48O4/c1-26(2)21-11-14-31(7)22(29(21,5)13-12-23(26)32)10-9-19-20-17-27(3,25(34)35-8)18-24(33)28(20,4)15-16-30(19,31)6/h9,20-22,24,33H,10-18H2,1-8H3/t20?,21?,22?,24?,27-,28+,29-,30?,31+/m0/s1. The van der Waals surface area contributed by atoms with E-state index in [1.165, 1.54) is 12.7 Å². The van der Waals surface area contributed by atoms with Gasteiger partial charge in [-0.05, 0) is 92.3 Å². The molecule has 0 bridgehead atoms. The van der Waals surface area contributed by atoms with Gasteiger partial charge in [0.25, 0.3) is 0 Å². The number of hydrogen-bond donors (Lipinski definition) is 1. The summed E-state index contributed by atoms with van der Waals surface area (Å²) < 4.78 is 5.22. The van der Waals surface area contributed by atoms with Gasteiger partial charge < -0.3 is 9.84 Å². The Hall–Kier alpha value is -1.16. The smallest absolute Gasteiger partial charge is 0.311 e. The van der Waals surface area contributed by atoms with E-state index in [9.17, 15) is 14.7 Å². The van der Waals surface area contributed by atoms with E-state index in [4.69, 9.17) is 4.74 Å². The molecule has 0 aromatic heterocycles. The van der Waals surface area contributed by atoms with Crippen LogP contribution in [0.5, 0.6) is 0 Å². The number of aliphatic hydroxyl groups excluding tert-OH is 1. The average Bonchev–Trinajstić information content (AvgIpc) is 2.78. The predicted molar refractivity (Wildman–Crippen MR) is 137 cm³/mol. The van der Waals surface area contributed by atoms with Crippen LogP contribution in [-0.4, -0.2) is 30.1 Å². The molecule has 4 nitrogen and oxygen atoms in total. The number of carbonyl (C=O) groups is 2. The van der Waals surface area contributed by atoms with Gasteiger partial charge in [-0.1, -0.05) is 53.2 Å². The molecule has 196 valence electrons. The fourth-order valence-electron chi connectivity index (χ4n) is 10.7. The summed E-state index contributed by atoms with van der Waals surface area (Å²) in [5.74, 6) is 1.46. The summed E-state index contributed by atoms with van der Waals surface area (Å²) in [6.07, 6.45) is 10.4.